The molecule has 88 valence electrons. The number of nitrogens with two attached hydrogens (primary N) is 1. The van der Waals surface area contributed by atoms with Crippen molar-refractivity contribution in [2.45, 2.75) is 32.4 Å². The molecule has 1 aromatic heterocycles. The highest BCUT2D eigenvalue weighted by atomic mass is 15.1. The van der Waals surface area contributed by atoms with Gasteiger partial charge in [-0.3, -0.25) is 0 Å². The quantitative estimate of drug-likeness (QED) is 0.811. The molecule has 3 rings (SSSR count). The molecule has 1 unspecified atom stereocenters. The Labute approximate surface area is 101 Å². The molecule has 1 aromatic carbocycles. The molecular weight excluding hydrogens is 210 g/mol. The second-order valence-electron chi connectivity index (χ2n) is 4.86. The maximum Gasteiger partial charge on any atom is 0.0956 e. The first-order valence-electron chi connectivity index (χ1n) is 6.10. The van der Waals surface area contributed by atoms with Crippen LogP contribution in [0.1, 0.15) is 17.7 Å². The van der Waals surface area contributed by atoms with Crippen LogP contribution in [0.15, 0.2) is 30.6 Å². The lowest BCUT2D eigenvalue weighted by Crippen LogP contribution is -2.30. The van der Waals surface area contributed by atoms with Crippen LogP contribution in [0.25, 0.3) is 11.3 Å². The zero-order valence-electron chi connectivity index (χ0n) is 10.1. The predicted octanol–water partition coefficient (Wildman–Crippen LogP) is 2.13. The number of imidazole rings is 1. The van der Waals surface area contributed by atoms with E-state index >= 15 is 0 Å². The van der Waals surface area contributed by atoms with Crippen LogP contribution in [0.4, 0.5) is 0 Å². The summed E-state index contributed by atoms with van der Waals surface area (Å²) in [6.07, 6.45) is 3.93. The highest BCUT2D eigenvalue weighted by Crippen LogP contribution is 2.26. The molecule has 0 saturated heterocycles. The third kappa shape index (κ3) is 1.87. The molecule has 17 heavy (non-hydrogen) atoms. The Morgan fingerprint density at radius 2 is 2.29 bits per heavy atom. The topological polar surface area (TPSA) is 43.8 Å². The number of benzene rings is 1. The average Bonchev–Trinajstić information content (AvgIpc) is 2.71. The molecule has 1 atom stereocenters. The van der Waals surface area contributed by atoms with Gasteiger partial charge in [-0.2, -0.15) is 0 Å². The smallest absolute Gasteiger partial charge is 0.0956 e. The molecule has 1 aliphatic heterocycles. The molecule has 1 aliphatic rings. The van der Waals surface area contributed by atoms with Gasteiger partial charge in [-0.25, -0.2) is 4.98 Å². The van der Waals surface area contributed by atoms with Gasteiger partial charge in [-0.15, -0.1) is 0 Å². The second-order valence-corrected chi connectivity index (χ2v) is 4.86. The molecule has 0 bridgehead atoms. The zero-order valence-corrected chi connectivity index (χ0v) is 10.1. The standard InChI is InChI=1S/C14H17N3/c1-10-3-2-4-11(7-10)14-13-8-12(15)5-6-17(13)9-16-14/h2-4,7,9,12H,5-6,8,15H2,1H3. The molecule has 3 nitrogen and oxygen atoms in total. The molecule has 2 heterocycles. The van der Waals surface area contributed by atoms with Gasteiger partial charge in [0, 0.05) is 30.3 Å². The van der Waals surface area contributed by atoms with E-state index in [1.165, 1.54) is 16.8 Å². The van der Waals surface area contributed by atoms with E-state index in [-0.39, 0.29) is 6.04 Å². The molecule has 2 aromatic rings. The Hall–Kier alpha value is -1.61. The lowest BCUT2D eigenvalue weighted by atomic mass is 10.00. The van der Waals surface area contributed by atoms with Gasteiger partial charge in [0.1, 0.15) is 0 Å². The monoisotopic (exact) mass is 227 g/mol. The van der Waals surface area contributed by atoms with E-state index in [9.17, 15) is 0 Å². The molecule has 0 amide bonds. The number of hydrogen-bond donors (Lipinski definition) is 1. The first kappa shape index (κ1) is 10.5. The van der Waals surface area contributed by atoms with E-state index in [1.54, 1.807) is 0 Å². The fourth-order valence-electron chi connectivity index (χ4n) is 2.50. The Morgan fingerprint density at radius 3 is 3.12 bits per heavy atom. The van der Waals surface area contributed by atoms with Gasteiger partial charge in [-0.05, 0) is 19.4 Å². The van der Waals surface area contributed by atoms with Crippen molar-refractivity contribution in [2.75, 3.05) is 0 Å². The van der Waals surface area contributed by atoms with Crippen molar-refractivity contribution >= 4 is 0 Å². The summed E-state index contributed by atoms with van der Waals surface area (Å²) >= 11 is 0. The Morgan fingerprint density at radius 1 is 1.41 bits per heavy atom. The van der Waals surface area contributed by atoms with Gasteiger partial charge in [0.05, 0.1) is 12.0 Å². The van der Waals surface area contributed by atoms with E-state index in [1.807, 2.05) is 6.33 Å². The van der Waals surface area contributed by atoms with Crippen LogP contribution >= 0.6 is 0 Å². The first-order chi connectivity index (χ1) is 8.24. The molecule has 3 heteroatoms. The first-order valence-corrected chi connectivity index (χ1v) is 6.10. The van der Waals surface area contributed by atoms with Crippen LogP contribution in [0.3, 0.4) is 0 Å². The van der Waals surface area contributed by atoms with Crippen LogP contribution < -0.4 is 5.73 Å². The third-order valence-electron chi connectivity index (χ3n) is 3.43. The minimum absolute atomic E-state index is 0.280. The number of hydrogen-bond acceptors (Lipinski definition) is 2. The van der Waals surface area contributed by atoms with E-state index in [2.05, 4.69) is 40.7 Å². The van der Waals surface area contributed by atoms with Crippen molar-refractivity contribution in [3.8, 4) is 11.3 Å². The summed E-state index contributed by atoms with van der Waals surface area (Å²) in [7, 11) is 0. The van der Waals surface area contributed by atoms with Gasteiger partial charge in [0.25, 0.3) is 0 Å². The van der Waals surface area contributed by atoms with Crippen LogP contribution in [0, 0.1) is 6.92 Å². The van der Waals surface area contributed by atoms with Crippen LogP contribution in [-0.4, -0.2) is 15.6 Å². The fourth-order valence-corrected chi connectivity index (χ4v) is 2.50. The molecule has 0 aliphatic carbocycles. The summed E-state index contributed by atoms with van der Waals surface area (Å²) in [5, 5.41) is 0. The summed E-state index contributed by atoms with van der Waals surface area (Å²) in [6.45, 7) is 3.10. The van der Waals surface area contributed by atoms with E-state index < -0.39 is 0 Å². The molecule has 0 fully saturated rings. The Bertz CT molecular complexity index is 542. The number of fused-ring (bicyclic) bond motifs is 1. The number of rotatable bonds is 1. The minimum atomic E-state index is 0.280. The Balaban J connectivity index is 2.07. The normalized spacial score (nSPS) is 19.1. The second kappa shape index (κ2) is 4.00. The van der Waals surface area contributed by atoms with E-state index in [0.29, 0.717) is 0 Å². The van der Waals surface area contributed by atoms with Gasteiger partial charge in [-0.1, -0.05) is 23.8 Å². The lowest BCUT2D eigenvalue weighted by Gasteiger charge is -2.21. The maximum absolute atomic E-state index is 6.04. The predicted molar refractivity (Wildman–Crippen MR) is 68.7 cm³/mol. The summed E-state index contributed by atoms with van der Waals surface area (Å²) < 4.78 is 2.24. The summed E-state index contributed by atoms with van der Waals surface area (Å²) in [6, 6.07) is 8.78. The maximum atomic E-state index is 6.04. The van der Waals surface area contributed by atoms with Crippen molar-refractivity contribution < 1.29 is 0 Å². The van der Waals surface area contributed by atoms with Gasteiger partial charge >= 0.3 is 0 Å². The van der Waals surface area contributed by atoms with Crippen molar-refractivity contribution in [1.82, 2.24) is 9.55 Å². The molecule has 0 spiro atoms. The van der Waals surface area contributed by atoms with Gasteiger partial charge in [0.15, 0.2) is 0 Å². The Kier molecular flexibility index (Phi) is 2.48. The van der Waals surface area contributed by atoms with Crippen LogP contribution in [-0.2, 0) is 13.0 Å². The van der Waals surface area contributed by atoms with Crippen LogP contribution in [0.5, 0.6) is 0 Å². The SMILES string of the molecule is Cc1cccc(-c2ncn3c2CC(N)CC3)c1. The average molecular weight is 227 g/mol. The van der Waals surface area contributed by atoms with E-state index in [0.717, 1.165) is 25.1 Å². The zero-order chi connectivity index (χ0) is 11.8. The van der Waals surface area contributed by atoms with Crippen molar-refractivity contribution in [3.63, 3.8) is 0 Å². The molecule has 0 saturated carbocycles. The molecular formula is C14H17N3. The molecule has 2 N–H and O–H groups in total. The van der Waals surface area contributed by atoms with Gasteiger partial charge < -0.3 is 10.3 Å². The summed E-state index contributed by atoms with van der Waals surface area (Å²) in [4.78, 5) is 4.55. The molecule has 0 radical (unpaired) electrons. The van der Waals surface area contributed by atoms with E-state index in [4.69, 9.17) is 5.73 Å². The van der Waals surface area contributed by atoms with Crippen molar-refractivity contribution in [2.24, 2.45) is 5.73 Å². The lowest BCUT2D eigenvalue weighted by molar-refractivity contribution is 0.472. The van der Waals surface area contributed by atoms with Crippen molar-refractivity contribution in [3.05, 3.63) is 41.9 Å². The van der Waals surface area contributed by atoms with Crippen molar-refractivity contribution in [1.29, 1.82) is 0 Å². The third-order valence-corrected chi connectivity index (χ3v) is 3.43. The minimum Gasteiger partial charge on any atom is -0.334 e. The highest BCUT2D eigenvalue weighted by Gasteiger charge is 2.20. The van der Waals surface area contributed by atoms with Crippen LogP contribution in [0.2, 0.25) is 0 Å². The number of aromatic nitrogens is 2. The fraction of sp³-hybridized carbons (Fsp3) is 0.357. The summed E-state index contributed by atoms with van der Waals surface area (Å²) in [5.41, 5.74) is 10.9. The summed E-state index contributed by atoms with van der Waals surface area (Å²) in [5.74, 6) is 0. The number of nitrogens with zero attached hydrogens (tertiary/aromatic N) is 2. The largest absolute Gasteiger partial charge is 0.334 e. The van der Waals surface area contributed by atoms with Gasteiger partial charge in [0.2, 0.25) is 0 Å². The number of aryl methyl sites for hydroxylation is 2. The highest BCUT2D eigenvalue weighted by molar-refractivity contribution is 5.63.